The van der Waals surface area contributed by atoms with Crippen molar-refractivity contribution in [2.75, 3.05) is 0 Å². The fourth-order valence-electron chi connectivity index (χ4n) is 4.30. The number of aliphatic imine (C=N–C) groups is 1. The van der Waals surface area contributed by atoms with Crippen LogP contribution in [0.3, 0.4) is 0 Å². The minimum atomic E-state index is -0.120. The first-order valence-corrected chi connectivity index (χ1v) is 13.6. The topological polar surface area (TPSA) is 87.6 Å². The molecule has 4 aromatic rings. The zero-order valence-corrected chi connectivity index (χ0v) is 22.4. The third-order valence-corrected chi connectivity index (χ3v) is 8.01. The second-order valence-electron chi connectivity index (χ2n) is 8.66. The van der Waals surface area contributed by atoms with Crippen molar-refractivity contribution in [1.82, 2.24) is 5.32 Å². The van der Waals surface area contributed by atoms with Crippen molar-refractivity contribution < 1.29 is 13.9 Å². The van der Waals surface area contributed by atoms with Crippen LogP contribution in [0.25, 0.3) is 0 Å². The first kappa shape index (κ1) is 25.0. The number of hydrogen-bond donors (Lipinski definition) is 1. The molecule has 0 saturated carbocycles. The highest BCUT2D eigenvalue weighted by atomic mass is 79.9. The lowest BCUT2D eigenvalue weighted by Crippen LogP contribution is -2.23. The SMILES string of the molecule is N#Cc1ccccc1COc1ccc(C=Nc2sc3c(c2C(=O)NCc2ccco2)CCCC3)cc1Br. The number of amides is 1. The van der Waals surface area contributed by atoms with E-state index in [9.17, 15) is 10.1 Å². The molecule has 5 rings (SSSR count). The van der Waals surface area contributed by atoms with Gasteiger partial charge in [0.05, 0.1) is 34.5 Å². The van der Waals surface area contributed by atoms with Gasteiger partial charge in [-0.2, -0.15) is 5.26 Å². The van der Waals surface area contributed by atoms with Gasteiger partial charge in [0.25, 0.3) is 5.91 Å². The number of benzene rings is 2. The molecule has 0 spiro atoms. The Labute approximate surface area is 227 Å². The molecular weight excluding hydrogens is 550 g/mol. The molecule has 0 bridgehead atoms. The normalized spacial score (nSPS) is 12.8. The Bertz CT molecular complexity index is 1480. The highest BCUT2D eigenvalue weighted by Gasteiger charge is 2.25. The van der Waals surface area contributed by atoms with Gasteiger partial charge < -0.3 is 14.5 Å². The number of halogens is 1. The molecule has 2 aromatic heterocycles. The van der Waals surface area contributed by atoms with E-state index in [1.807, 2.05) is 48.5 Å². The number of furan rings is 1. The summed E-state index contributed by atoms with van der Waals surface area (Å²) >= 11 is 5.19. The lowest BCUT2D eigenvalue weighted by atomic mass is 9.95. The lowest BCUT2D eigenvalue weighted by Gasteiger charge is -2.12. The fourth-order valence-corrected chi connectivity index (χ4v) is 6.05. The first-order chi connectivity index (χ1) is 18.1. The molecule has 0 radical (unpaired) electrons. The first-order valence-electron chi connectivity index (χ1n) is 12.0. The van der Waals surface area contributed by atoms with Crippen LogP contribution in [0.2, 0.25) is 0 Å². The van der Waals surface area contributed by atoms with E-state index in [0.29, 0.717) is 35.8 Å². The predicted molar refractivity (Wildman–Crippen MR) is 148 cm³/mol. The Kier molecular flexibility index (Phi) is 7.83. The number of nitrogens with one attached hydrogen (secondary N) is 1. The van der Waals surface area contributed by atoms with Gasteiger partial charge in [-0.25, -0.2) is 4.99 Å². The van der Waals surface area contributed by atoms with Crippen LogP contribution in [-0.4, -0.2) is 12.1 Å². The molecule has 2 aromatic carbocycles. The number of nitriles is 1. The van der Waals surface area contributed by atoms with Crippen molar-refractivity contribution in [2.24, 2.45) is 4.99 Å². The van der Waals surface area contributed by atoms with Gasteiger partial charge >= 0.3 is 0 Å². The molecule has 0 unspecified atom stereocenters. The maximum absolute atomic E-state index is 13.2. The smallest absolute Gasteiger partial charge is 0.255 e. The average molecular weight is 575 g/mol. The van der Waals surface area contributed by atoms with E-state index in [-0.39, 0.29) is 5.91 Å². The Morgan fingerprint density at radius 2 is 2.05 bits per heavy atom. The number of ether oxygens (including phenoxy) is 1. The van der Waals surface area contributed by atoms with Gasteiger partial charge in [0.2, 0.25) is 0 Å². The number of carbonyl (C=O) groups excluding carboxylic acids is 1. The Hall–Kier alpha value is -3.67. The van der Waals surface area contributed by atoms with E-state index in [1.165, 1.54) is 4.88 Å². The van der Waals surface area contributed by atoms with Crippen LogP contribution in [0.5, 0.6) is 5.75 Å². The largest absolute Gasteiger partial charge is 0.488 e. The van der Waals surface area contributed by atoms with Gasteiger partial charge in [-0.3, -0.25) is 4.79 Å². The minimum Gasteiger partial charge on any atom is -0.488 e. The number of hydrogen-bond acceptors (Lipinski definition) is 6. The summed E-state index contributed by atoms with van der Waals surface area (Å²) in [5, 5.41) is 13.0. The molecule has 0 saturated heterocycles. The van der Waals surface area contributed by atoms with E-state index in [0.717, 1.165) is 51.8 Å². The zero-order valence-electron chi connectivity index (χ0n) is 20.0. The van der Waals surface area contributed by atoms with Crippen molar-refractivity contribution in [3.8, 4) is 11.8 Å². The van der Waals surface area contributed by atoms with Gasteiger partial charge in [0, 0.05) is 16.7 Å². The zero-order chi connectivity index (χ0) is 25.6. The van der Waals surface area contributed by atoms with E-state index < -0.39 is 0 Å². The molecule has 1 aliphatic carbocycles. The molecule has 2 heterocycles. The van der Waals surface area contributed by atoms with Crippen LogP contribution in [-0.2, 0) is 26.0 Å². The van der Waals surface area contributed by atoms with E-state index in [4.69, 9.17) is 14.1 Å². The summed E-state index contributed by atoms with van der Waals surface area (Å²) in [4.78, 5) is 19.2. The number of thiophene rings is 1. The van der Waals surface area contributed by atoms with Crippen LogP contribution < -0.4 is 10.1 Å². The summed E-state index contributed by atoms with van der Waals surface area (Å²) in [6.45, 7) is 0.639. The van der Waals surface area contributed by atoms with E-state index in [1.54, 1.807) is 29.9 Å². The molecule has 186 valence electrons. The van der Waals surface area contributed by atoms with Crippen LogP contribution >= 0.6 is 27.3 Å². The summed E-state index contributed by atoms with van der Waals surface area (Å²) in [5.41, 5.74) is 4.12. The monoisotopic (exact) mass is 573 g/mol. The van der Waals surface area contributed by atoms with E-state index >= 15 is 0 Å². The summed E-state index contributed by atoms with van der Waals surface area (Å²) in [5.74, 6) is 1.27. The van der Waals surface area contributed by atoms with Crippen LogP contribution in [0.15, 0.2) is 74.7 Å². The standard InChI is InChI=1S/C29H24BrN3O3S/c30-24-14-19(11-12-25(24)36-18-21-7-2-1-6-20(21)15-31)16-33-29-27(23-9-3-4-10-26(23)37-29)28(34)32-17-22-8-5-13-35-22/h1-2,5-8,11-14,16H,3-4,9-10,17-18H2,(H,32,34). The summed E-state index contributed by atoms with van der Waals surface area (Å²) in [6.07, 6.45) is 7.48. The number of aryl methyl sites for hydroxylation is 1. The number of rotatable bonds is 8. The van der Waals surface area contributed by atoms with Gasteiger partial charge in [-0.15, -0.1) is 11.3 Å². The third kappa shape index (κ3) is 5.85. The summed E-state index contributed by atoms with van der Waals surface area (Å²) < 4.78 is 12.1. The van der Waals surface area contributed by atoms with Crippen molar-refractivity contribution >= 4 is 44.4 Å². The molecule has 1 amide bonds. The molecular formula is C29H24BrN3O3S. The molecule has 37 heavy (non-hydrogen) atoms. The second-order valence-corrected chi connectivity index (χ2v) is 10.6. The third-order valence-electron chi connectivity index (χ3n) is 6.19. The number of nitrogens with zero attached hydrogens (tertiary/aromatic N) is 2. The van der Waals surface area contributed by atoms with Crippen molar-refractivity contribution in [2.45, 2.75) is 38.8 Å². The maximum atomic E-state index is 13.2. The maximum Gasteiger partial charge on any atom is 0.255 e. The Balaban J connectivity index is 1.32. The molecule has 8 heteroatoms. The van der Waals surface area contributed by atoms with Crippen molar-refractivity contribution in [3.63, 3.8) is 0 Å². The lowest BCUT2D eigenvalue weighted by molar-refractivity contribution is 0.0948. The quantitative estimate of drug-likeness (QED) is 0.227. The van der Waals surface area contributed by atoms with Gasteiger partial charge in [-0.05, 0) is 89.1 Å². The van der Waals surface area contributed by atoms with Crippen LogP contribution in [0.1, 0.15) is 56.1 Å². The van der Waals surface area contributed by atoms with E-state index in [2.05, 4.69) is 27.3 Å². The molecule has 1 N–H and O–H groups in total. The molecule has 0 fully saturated rings. The predicted octanol–water partition coefficient (Wildman–Crippen LogP) is 7.11. The summed E-state index contributed by atoms with van der Waals surface area (Å²) in [6, 6.07) is 19.0. The minimum absolute atomic E-state index is 0.120. The Morgan fingerprint density at radius 3 is 2.86 bits per heavy atom. The van der Waals surface area contributed by atoms with Crippen molar-refractivity contribution in [3.05, 3.63) is 104 Å². The fraction of sp³-hybridized carbons (Fsp3) is 0.207. The highest BCUT2D eigenvalue weighted by molar-refractivity contribution is 9.10. The van der Waals surface area contributed by atoms with Gasteiger partial charge in [0.15, 0.2) is 0 Å². The van der Waals surface area contributed by atoms with Gasteiger partial charge in [-0.1, -0.05) is 18.2 Å². The number of carbonyl (C=O) groups is 1. The van der Waals surface area contributed by atoms with Crippen LogP contribution in [0.4, 0.5) is 5.00 Å². The molecule has 1 aliphatic rings. The molecule has 0 atom stereocenters. The molecule has 0 aliphatic heterocycles. The molecule has 6 nitrogen and oxygen atoms in total. The van der Waals surface area contributed by atoms with Crippen LogP contribution in [0, 0.1) is 11.3 Å². The summed E-state index contributed by atoms with van der Waals surface area (Å²) in [7, 11) is 0. The van der Waals surface area contributed by atoms with Gasteiger partial charge in [0.1, 0.15) is 23.1 Å². The van der Waals surface area contributed by atoms with Crippen molar-refractivity contribution in [1.29, 1.82) is 5.26 Å². The Morgan fingerprint density at radius 1 is 1.19 bits per heavy atom. The average Bonchev–Trinajstić information content (AvgIpc) is 3.58. The second kappa shape index (κ2) is 11.6. The number of fused-ring (bicyclic) bond motifs is 1. The highest BCUT2D eigenvalue weighted by Crippen LogP contribution is 2.40.